The highest BCUT2D eigenvalue weighted by Gasteiger charge is 2.10. The van der Waals surface area contributed by atoms with Crippen LogP contribution in [-0.4, -0.2) is 10.1 Å². The maximum Gasteiger partial charge on any atom is 0.200 e. The number of hydrogen-bond donors (Lipinski definition) is 1. The lowest BCUT2D eigenvalue weighted by Crippen LogP contribution is -1.87. The van der Waals surface area contributed by atoms with Gasteiger partial charge in [0.1, 0.15) is 11.2 Å². The normalized spacial score (nSPS) is 11.0. The first-order valence-corrected chi connectivity index (χ1v) is 4.70. The van der Waals surface area contributed by atoms with Crippen molar-refractivity contribution in [1.29, 1.82) is 0 Å². The minimum Gasteiger partial charge on any atom is -0.353 e. The van der Waals surface area contributed by atoms with Gasteiger partial charge in [-0.1, -0.05) is 5.16 Å². The van der Waals surface area contributed by atoms with E-state index in [0.717, 1.165) is 33.7 Å². The summed E-state index contributed by atoms with van der Waals surface area (Å²) >= 11 is 1.15. The summed E-state index contributed by atoms with van der Waals surface area (Å²) in [6.07, 6.45) is 0. The van der Waals surface area contributed by atoms with E-state index in [1.807, 2.05) is 19.9 Å². The second kappa shape index (κ2) is 3.01. The Morgan fingerprint density at radius 1 is 1.46 bits per heavy atom. The van der Waals surface area contributed by atoms with Crippen LogP contribution in [-0.2, 0) is 0 Å². The van der Waals surface area contributed by atoms with Gasteiger partial charge in [-0.15, -0.1) is 0 Å². The molecule has 0 atom stereocenters. The second-order valence-electron chi connectivity index (χ2n) is 2.83. The summed E-state index contributed by atoms with van der Waals surface area (Å²) in [5.74, 6) is 0. The lowest BCUT2D eigenvalue weighted by molar-refractivity contribution is 0.446. The van der Waals surface area contributed by atoms with Crippen molar-refractivity contribution in [3.63, 3.8) is 0 Å². The van der Waals surface area contributed by atoms with Gasteiger partial charge in [-0.3, -0.25) is 5.14 Å². The Morgan fingerprint density at radius 3 is 2.92 bits per heavy atom. The molecule has 0 unspecified atom stereocenters. The first-order chi connectivity index (χ1) is 6.22. The lowest BCUT2D eigenvalue weighted by Gasteiger charge is -1.97. The lowest BCUT2D eigenvalue weighted by atomic mass is 10.3. The molecule has 0 saturated carbocycles. The van der Waals surface area contributed by atoms with Gasteiger partial charge in [0, 0.05) is 5.69 Å². The van der Waals surface area contributed by atoms with E-state index in [1.165, 1.54) is 0 Å². The van der Waals surface area contributed by atoms with Crippen molar-refractivity contribution in [3.8, 4) is 0 Å². The molecule has 0 amide bonds. The SMILES string of the molecule is Cc1cc(SN)c2onc(C)c2n1. The van der Waals surface area contributed by atoms with Crippen molar-refractivity contribution in [3.05, 3.63) is 17.5 Å². The van der Waals surface area contributed by atoms with Crippen molar-refractivity contribution in [2.45, 2.75) is 18.7 Å². The Kier molecular flexibility index (Phi) is 1.97. The van der Waals surface area contributed by atoms with Gasteiger partial charge in [0.05, 0.1) is 4.90 Å². The molecule has 2 heterocycles. The molecule has 0 bridgehead atoms. The fourth-order valence-corrected chi connectivity index (χ4v) is 1.69. The Bertz CT molecular complexity index is 452. The highest BCUT2D eigenvalue weighted by atomic mass is 32.2. The van der Waals surface area contributed by atoms with Crippen molar-refractivity contribution in [2.75, 3.05) is 0 Å². The minimum absolute atomic E-state index is 0.676. The summed E-state index contributed by atoms with van der Waals surface area (Å²) in [5.41, 5.74) is 3.20. The zero-order valence-electron chi connectivity index (χ0n) is 7.37. The van der Waals surface area contributed by atoms with Crippen LogP contribution in [0.5, 0.6) is 0 Å². The Balaban J connectivity index is 2.84. The van der Waals surface area contributed by atoms with Crippen LogP contribution in [0.15, 0.2) is 15.5 Å². The quantitative estimate of drug-likeness (QED) is 0.703. The van der Waals surface area contributed by atoms with Crippen LogP contribution in [0.25, 0.3) is 11.1 Å². The van der Waals surface area contributed by atoms with Crippen molar-refractivity contribution < 1.29 is 4.52 Å². The zero-order valence-corrected chi connectivity index (χ0v) is 8.18. The van der Waals surface area contributed by atoms with E-state index in [1.54, 1.807) is 0 Å². The van der Waals surface area contributed by atoms with Crippen LogP contribution >= 0.6 is 11.9 Å². The van der Waals surface area contributed by atoms with Crippen LogP contribution in [0.2, 0.25) is 0 Å². The number of aromatic nitrogens is 2. The van der Waals surface area contributed by atoms with Crippen LogP contribution in [0.4, 0.5) is 0 Å². The summed E-state index contributed by atoms with van der Waals surface area (Å²) < 4.78 is 5.11. The fourth-order valence-electron chi connectivity index (χ4n) is 1.21. The Hall–Kier alpha value is -1.07. The van der Waals surface area contributed by atoms with Crippen LogP contribution < -0.4 is 5.14 Å². The molecular weight excluding hydrogens is 186 g/mol. The molecule has 2 aromatic heterocycles. The molecule has 0 saturated heterocycles. The standard InChI is InChI=1S/C8H9N3OS/c1-4-3-6(13-9)8-7(10-4)5(2)11-12-8/h3H,9H2,1-2H3. The summed E-state index contributed by atoms with van der Waals surface area (Å²) in [6, 6.07) is 1.89. The maximum atomic E-state index is 5.50. The monoisotopic (exact) mass is 195 g/mol. The first-order valence-electron chi connectivity index (χ1n) is 3.82. The molecular formula is C8H9N3OS. The van der Waals surface area contributed by atoms with Gasteiger partial charge in [-0.2, -0.15) is 0 Å². The predicted octanol–water partition coefficient (Wildman–Crippen LogP) is 1.81. The average molecular weight is 195 g/mol. The van der Waals surface area contributed by atoms with Gasteiger partial charge in [-0.05, 0) is 31.9 Å². The topological polar surface area (TPSA) is 64.9 Å². The number of hydrogen-bond acceptors (Lipinski definition) is 5. The van der Waals surface area contributed by atoms with Gasteiger partial charge >= 0.3 is 0 Å². The number of fused-ring (bicyclic) bond motifs is 1. The number of nitrogens with two attached hydrogens (primary N) is 1. The van der Waals surface area contributed by atoms with Crippen LogP contribution in [0.3, 0.4) is 0 Å². The Labute approximate surface area is 79.6 Å². The molecule has 0 radical (unpaired) electrons. The molecule has 0 aliphatic carbocycles. The third-order valence-corrected chi connectivity index (χ3v) is 2.37. The maximum absolute atomic E-state index is 5.50. The van der Waals surface area contributed by atoms with E-state index in [-0.39, 0.29) is 0 Å². The molecule has 0 aliphatic rings. The molecule has 2 aromatic rings. The summed E-state index contributed by atoms with van der Waals surface area (Å²) in [4.78, 5) is 5.20. The molecule has 4 nitrogen and oxygen atoms in total. The highest BCUT2D eigenvalue weighted by Crippen LogP contribution is 2.25. The Morgan fingerprint density at radius 2 is 2.23 bits per heavy atom. The van der Waals surface area contributed by atoms with E-state index < -0.39 is 0 Å². The van der Waals surface area contributed by atoms with E-state index in [2.05, 4.69) is 10.1 Å². The highest BCUT2D eigenvalue weighted by molar-refractivity contribution is 7.97. The smallest absolute Gasteiger partial charge is 0.200 e. The number of nitrogens with zero attached hydrogens (tertiary/aromatic N) is 2. The molecule has 0 fully saturated rings. The molecule has 2 rings (SSSR count). The van der Waals surface area contributed by atoms with E-state index in [9.17, 15) is 0 Å². The first kappa shape index (κ1) is 8.52. The van der Waals surface area contributed by atoms with E-state index in [4.69, 9.17) is 9.66 Å². The molecule has 5 heteroatoms. The third-order valence-electron chi connectivity index (χ3n) is 1.81. The van der Waals surface area contributed by atoms with E-state index in [0.29, 0.717) is 5.58 Å². The fraction of sp³-hybridized carbons (Fsp3) is 0.250. The zero-order chi connectivity index (χ0) is 9.42. The van der Waals surface area contributed by atoms with Crippen molar-refractivity contribution in [1.82, 2.24) is 10.1 Å². The van der Waals surface area contributed by atoms with Crippen LogP contribution in [0, 0.1) is 13.8 Å². The van der Waals surface area contributed by atoms with Gasteiger partial charge in [0.2, 0.25) is 0 Å². The number of rotatable bonds is 1. The van der Waals surface area contributed by atoms with E-state index >= 15 is 0 Å². The summed E-state index contributed by atoms with van der Waals surface area (Å²) in [6.45, 7) is 3.79. The minimum atomic E-state index is 0.676. The van der Waals surface area contributed by atoms with Crippen molar-refractivity contribution in [2.24, 2.45) is 5.14 Å². The molecule has 0 aliphatic heterocycles. The van der Waals surface area contributed by atoms with Crippen LogP contribution in [0.1, 0.15) is 11.4 Å². The van der Waals surface area contributed by atoms with Gasteiger partial charge in [-0.25, -0.2) is 4.98 Å². The average Bonchev–Trinajstić information content (AvgIpc) is 2.47. The van der Waals surface area contributed by atoms with Gasteiger partial charge in [0.25, 0.3) is 0 Å². The molecule has 2 N–H and O–H groups in total. The van der Waals surface area contributed by atoms with Crippen molar-refractivity contribution >= 4 is 23.0 Å². The van der Waals surface area contributed by atoms with Gasteiger partial charge in [0.15, 0.2) is 5.58 Å². The summed E-state index contributed by atoms with van der Waals surface area (Å²) in [7, 11) is 0. The summed E-state index contributed by atoms with van der Waals surface area (Å²) in [5, 5.41) is 9.33. The third kappa shape index (κ3) is 1.30. The predicted molar refractivity (Wildman–Crippen MR) is 51.3 cm³/mol. The number of aryl methyl sites for hydroxylation is 2. The molecule has 0 spiro atoms. The van der Waals surface area contributed by atoms with Gasteiger partial charge < -0.3 is 4.52 Å². The number of pyridine rings is 1. The molecule has 68 valence electrons. The molecule has 0 aromatic carbocycles. The second-order valence-corrected chi connectivity index (χ2v) is 3.50. The molecule has 13 heavy (non-hydrogen) atoms. The largest absolute Gasteiger partial charge is 0.353 e.